The third-order valence-corrected chi connectivity index (χ3v) is 5.79. The molecule has 0 unspecified atom stereocenters. The van der Waals surface area contributed by atoms with E-state index in [1.807, 2.05) is 31.2 Å². The van der Waals surface area contributed by atoms with Crippen molar-refractivity contribution >= 4 is 17.7 Å². The summed E-state index contributed by atoms with van der Waals surface area (Å²) in [4.78, 5) is 13.3. The Bertz CT molecular complexity index is 982. The van der Waals surface area contributed by atoms with Gasteiger partial charge in [-0.15, -0.1) is 22.0 Å². The van der Waals surface area contributed by atoms with E-state index in [0.29, 0.717) is 11.8 Å². The van der Waals surface area contributed by atoms with Crippen LogP contribution >= 0.6 is 11.8 Å². The maximum Gasteiger partial charge on any atom is 0.317 e. The molecule has 1 atom stereocenters. The highest BCUT2D eigenvalue weighted by Gasteiger charge is 2.19. The van der Waals surface area contributed by atoms with Crippen LogP contribution in [-0.2, 0) is 22.4 Å². The fraction of sp³-hybridized carbons (Fsp3) is 0.318. The lowest BCUT2D eigenvalue weighted by Gasteiger charge is -2.09. The van der Waals surface area contributed by atoms with Crippen LogP contribution in [0.3, 0.4) is 0 Å². The van der Waals surface area contributed by atoms with E-state index < -0.39 is 6.10 Å². The van der Waals surface area contributed by atoms with Crippen LogP contribution in [0.5, 0.6) is 0 Å². The first-order chi connectivity index (χ1) is 13.6. The van der Waals surface area contributed by atoms with Crippen LogP contribution in [0.15, 0.2) is 51.8 Å². The van der Waals surface area contributed by atoms with Crippen LogP contribution in [-0.4, -0.2) is 21.9 Å². The average Bonchev–Trinajstić information content (AvgIpc) is 3.36. The number of aromatic nitrogens is 2. The molecule has 0 amide bonds. The summed E-state index contributed by atoms with van der Waals surface area (Å²) in [6.45, 7) is 3.76. The summed E-state index contributed by atoms with van der Waals surface area (Å²) in [7, 11) is 0. The van der Waals surface area contributed by atoms with Gasteiger partial charge in [0.05, 0.1) is 5.75 Å². The van der Waals surface area contributed by atoms with E-state index in [1.54, 1.807) is 6.92 Å². The van der Waals surface area contributed by atoms with Gasteiger partial charge < -0.3 is 9.15 Å². The Balaban J connectivity index is 1.32. The Kier molecular flexibility index (Phi) is 5.48. The lowest BCUT2D eigenvalue weighted by Crippen LogP contribution is -2.11. The summed E-state index contributed by atoms with van der Waals surface area (Å²) < 4.78 is 11.1. The van der Waals surface area contributed by atoms with Crippen LogP contribution in [0.1, 0.15) is 42.0 Å². The maximum atomic E-state index is 12.2. The van der Waals surface area contributed by atoms with Gasteiger partial charge in [0.25, 0.3) is 5.89 Å². The summed E-state index contributed by atoms with van der Waals surface area (Å²) in [5.74, 6) is 0.673. The number of esters is 1. The molecular formula is C22H22N2O3S. The van der Waals surface area contributed by atoms with Gasteiger partial charge in [-0.2, -0.15) is 0 Å². The van der Waals surface area contributed by atoms with Crippen LogP contribution in [0.4, 0.5) is 0 Å². The Morgan fingerprint density at radius 3 is 2.75 bits per heavy atom. The van der Waals surface area contributed by atoms with E-state index in [9.17, 15) is 4.79 Å². The molecule has 0 spiro atoms. The van der Waals surface area contributed by atoms with Crippen molar-refractivity contribution in [3.63, 3.8) is 0 Å². The van der Waals surface area contributed by atoms with E-state index in [0.717, 1.165) is 28.9 Å². The molecule has 4 rings (SSSR count). The number of carbonyl (C=O) groups is 1. The van der Waals surface area contributed by atoms with Gasteiger partial charge in [0.2, 0.25) is 5.89 Å². The number of benzene rings is 2. The number of rotatable bonds is 6. The molecule has 144 valence electrons. The second-order valence-electron chi connectivity index (χ2n) is 7.02. The molecule has 1 aliphatic rings. The highest BCUT2D eigenvalue weighted by molar-refractivity contribution is 8.00. The van der Waals surface area contributed by atoms with Crippen molar-refractivity contribution in [3.05, 3.63) is 65.0 Å². The Hall–Kier alpha value is -2.60. The number of hydrogen-bond donors (Lipinski definition) is 0. The predicted molar refractivity (Wildman–Crippen MR) is 108 cm³/mol. The van der Waals surface area contributed by atoms with Crippen molar-refractivity contribution in [2.45, 2.75) is 44.1 Å². The second-order valence-corrected chi connectivity index (χ2v) is 8.07. The number of carbonyl (C=O) groups excluding carboxylic acids is 1. The van der Waals surface area contributed by atoms with Gasteiger partial charge >= 0.3 is 5.97 Å². The minimum Gasteiger partial charge on any atom is -0.452 e. The van der Waals surface area contributed by atoms with Crippen LogP contribution < -0.4 is 0 Å². The van der Waals surface area contributed by atoms with Crippen molar-refractivity contribution in [1.29, 1.82) is 0 Å². The number of fused-ring (bicyclic) bond motifs is 1. The predicted octanol–water partition coefficient (Wildman–Crippen LogP) is 4.93. The van der Waals surface area contributed by atoms with Gasteiger partial charge in [-0.25, -0.2) is 0 Å². The highest BCUT2D eigenvalue weighted by Crippen LogP contribution is 2.28. The number of aryl methyl sites for hydroxylation is 3. The quantitative estimate of drug-likeness (QED) is 0.436. The summed E-state index contributed by atoms with van der Waals surface area (Å²) >= 11 is 1.49. The largest absolute Gasteiger partial charge is 0.452 e. The molecule has 0 saturated heterocycles. The molecule has 3 aromatic rings. The first-order valence-corrected chi connectivity index (χ1v) is 10.4. The monoisotopic (exact) mass is 394 g/mol. The highest BCUT2D eigenvalue weighted by atomic mass is 32.2. The van der Waals surface area contributed by atoms with E-state index >= 15 is 0 Å². The maximum absolute atomic E-state index is 12.2. The van der Waals surface area contributed by atoms with E-state index in [1.165, 1.54) is 29.3 Å². The topological polar surface area (TPSA) is 65.2 Å². The first kappa shape index (κ1) is 18.7. The van der Waals surface area contributed by atoms with Crippen LogP contribution in [0.2, 0.25) is 0 Å². The fourth-order valence-electron chi connectivity index (χ4n) is 3.27. The van der Waals surface area contributed by atoms with Crippen LogP contribution in [0, 0.1) is 6.92 Å². The number of nitrogens with zero attached hydrogens (tertiary/aromatic N) is 2. The number of hydrogen-bond acceptors (Lipinski definition) is 6. The summed E-state index contributed by atoms with van der Waals surface area (Å²) in [5.41, 5.74) is 4.84. The molecule has 5 nitrogen and oxygen atoms in total. The zero-order valence-electron chi connectivity index (χ0n) is 16.0. The van der Waals surface area contributed by atoms with Crippen molar-refractivity contribution in [2.75, 3.05) is 5.75 Å². The zero-order valence-corrected chi connectivity index (χ0v) is 16.8. The number of thioether (sulfide) groups is 1. The lowest BCUT2D eigenvalue weighted by molar-refractivity contribution is -0.146. The van der Waals surface area contributed by atoms with E-state index in [-0.39, 0.29) is 11.7 Å². The third-order valence-electron chi connectivity index (χ3n) is 4.82. The van der Waals surface area contributed by atoms with E-state index in [2.05, 4.69) is 28.4 Å². The van der Waals surface area contributed by atoms with E-state index in [4.69, 9.17) is 9.15 Å². The first-order valence-electron chi connectivity index (χ1n) is 9.43. The molecule has 0 radical (unpaired) electrons. The van der Waals surface area contributed by atoms with Gasteiger partial charge in [-0.3, -0.25) is 4.79 Å². The molecule has 6 heteroatoms. The molecule has 1 aromatic heterocycles. The molecule has 0 bridgehead atoms. The molecular weight excluding hydrogens is 372 g/mol. The Labute approximate surface area is 168 Å². The molecule has 1 heterocycles. The molecule has 1 aliphatic carbocycles. The van der Waals surface area contributed by atoms with Gasteiger partial charge in [-0.05, 0) is 68.5 Å². The van der Waals surface area contributed by atoms with Crippen molar-refractivity contribution in [3.8, 4) is 11.5 Å². The molecule has 28 heavy (non-hydrogen) atoms. The van der Waals surface area contributed by atoms with Crippen molar-refractivity contribution < 1.29 is 13.9 Å². The fourth-order valence-corrected chi connectivity index (χ4v) is 4.02. The minimum absolute atomic E-state index is 0.252. The molecule has 0 saturated carbocycles. The summed E-state index contributed by atoms with van der Waals surface area (Å²) in [6, 6.07) is 14.3. The number of ether oxygens (including phenoxy) is 1. The molecule has 0 fully saturated rings. The third kappa shape index (κ3) is 4.28. The van der Waals surface area contributed by atoms with Gasteiger partial charge in [0, 0.05) is 10.5 Å². The summed E-state index contributed by atoms with van der Waals surface area (Å²) in [6.07, 6.45) is 2.93. The molecule has 0 aliphatic heterocycles. The Morgan fingerprint density at radius 1 is 1.14 bits per heavy atom. The molecule has 0 N–H and O–H groups in total. The minimum atomic E-state index is -0.584. The smallest absolute Gasteiger partial charge is 0.317 e. The molecule has 2 aromatic carbocycles. The van der Waals surface area contributed by atoms with Gasteiger partial charge in [-0.1, -0.05) is 23.8 Å². The normalized spacial score (nSPS) is 13.9. The Morgan fingerprint density at radius 2 is 1.93 bits per heavy atom. The van der Waals surface area contributed by atoms with Gasteiger partial charge in [0.15, 0.2) is 6.10 Å². The second kappa shape index (κ2) is 8.19. The van der Waals surface area contributed by atoms with Crippen molar-refractivity contribution in [2.24, 2.45) is 0 Å². The summed E-state index contributed by atoms with van der Waals surface area (Å²) in [5, 5.41) is 8.08. The lowest BCUT2D eigenvalue weighted by atomic mass is 10.1. The average molecular weight is 394 g/mol. The van der Waals surface area contributed by atoms with Crippen LogP contribution in [0.25, 0.3) is 11.5 Å². The SMILES string of the molecule is Cc1ccc(-c2nnc([C@H](C)OC(=O)CSc3ccc4c(c3)CCC4)o2)cc1. The standard InChI is InChI=1S/C22H22N2O3S/c1-14-6-8-17(9-7-14)22-24-23-21(27-22)15(2)26-20(25)13-28-19-11-10-16-4-3-5-18(16)12-19/h6-12,15H,3-5,13H2,1-2H3/t15-/m0/s1. The van der Waals surface area contributed by atoms with Crippen molar-refractivity contribution in [1.82, 2.24) is 10.2 Å². The zero-order chi connectivity index (χ0) is 19.5. The van der Waals surface area contributed by atoms with Gasteiger partial charge in [0.1, 0.15) is 0 Å².